The maximum absolute atomic E-state index is 2.44. The first kappa shape index (κ1) is 18.5. The molecule has 0 aliphatic rings. The summed E-state index contributed by atoms with van der Waals surface area (Å²) in [6.45, 7) is 9.45. The van der Waals surface area contributed by atoms with Crippen LogP contribution in [0, 0.1) is 6.92 Å². The van der Waals surface area contributed by atoms with Crippen LogP contribution in [0.1, 0.15) is 49.4 Å². The Morgan fingerprint density at radius 1 is 0.615 bits per heavy atom. The monoisotopic (exact) mass is 342 g/mol. The molecule has 0 aromatic heterocycles. The van der Waals surface area contributed by atoms with Crippen LogP contribution in [0.3, 0.4) is 0 Å². The summed E-state index contributed by atoms with van der Waals surface area (Å²) in [4.78, 5) is 0. The van der Waals surface area contributed by atoms with Gasteiger partial charge in [-0.25, -0.2) is 0 Å². The molecule has 3 aromatic carbocycles. The summed E-state index contributed by atoms with van der Waals surface area (Å²) >= 11 is 0. The molecule has 0 bridgehead atoms. The zero-order valence-corrected chi connectivity index (χ0v) is 16.5. The Balaban J connectivity index is 2.02. The Labute approximate surface area is 158 Å². The van der Waals surface area contributed by atoms with Crippen molar-refractivity contribution in [3.8, 4) is 0 Å². The van der Waals surface area contributed by atoms with Gasteiger partial charge in [-0.15, -0.1) is 0 Å². The summed E-state index contributed by atoms with van der Waals surface area (Å²) in [5.74, 6) is 0. The van der Waals surface area contributed by atoms with E-state index >= 15 is 0 Å². The van der Waals surface area contributed by atoms with Crippen LogP contribution in [0.2, 0.25) is 0 Å². The highest BCUT2D eigenvalue weighted by molar-refractivity contribution is 5.38. The maximum Gasteiger partial charge on any atom is 0.00194 e. The lowest BCUT2D eigenvalue weighted by molar-refractivity contribution is 0.257. The molecule has 1 atom stereocenters. The zero-order valence-electron chi connectivity index (χ0n) is 16.5. The van der Waals surface area contributed by atoms with Crippen molar-refractivity contribution in [2.75, 3.05) is 0 Å². The van der Waals surface area contributed by atoms with Crippen LogP contribution in [-0.4, -0.2) is 0 Å². The Kier molecular flexibility index (Phi) is 5.32. The molecule has 3 rings (SSSR count). The van der Waals surface area contributed by atoms with Gasteiger partial charge in [0.2, 0.25) is 0 Å². The Morgan fingerprint density at radius 3 is 1.69 bits per heavy atom. The fraction of sp³-hybridized carbons (Fsp3) is 0.308. The van der Waals surface area contributed by atoms with E-state index in [4.69, 9.17) is 0 Å². The van der Waals surface area contributed by atoms with Gasteiger partial charge in [0.1, 0.15) is 0 Å². The molecule has 26 heavy (non-hydrogen) atoms. The normalized spacial score (nSPS) is 14.0. The van der Waals surface area contributed by atoms with Gasteiger partial charge in [0, 0.05) is 5.41 Å². The van der Waals surface area contributed by atoms with Crippen LogP contribution in [0.4, 0.5) is 0 Å². The lowest BCUT2D eigenvalue weighted by Gasteiger charge is -2.46. The van der Waals surface area contributed by atoms with Crippen molar-refractivity contribution in [2.45, 2.75) is 51.4 Å². The Morgan fingerprint density at radius 2 is 1.12 bits per heavy atom. The highest BCUT2D eigenvalue weighted by atomic mass is 14.5. The molecule has 0 heteroatoms. The Hall–Kier alpha value is -2.34. The van der Waals surface area contributed by atoms with Gasteiger partial charge in [-0.3, -0.25) is 0 Å². The number of hydrogen-bond donors (Lipinski definition) is 0. The van der Waals surface area contributed by atoms with Gasteiger partial charge in [0.05, 0.1) is 0 Å². The van der Waals surface area contributed by atoms with Crippen molar-refractivity contribution in [3.63, 3.8) is 0 Å². The van der Waals surface area contributed by atoms with Gasteiger partial charge >= 0.3 is 0 Å². The van der Waals surface area contributed by atoms with Crippen molar-refractivity contribution in [1.82, 2.24) is 0 Å². The van der Waals surface area contributed by atoms with E-state index in [2.05, 4.69) is 113 Å². The first-order chi connectivity index (χ1) is 12.4. The van der Waals surface area contributed by atoms with Crippen molar-refractivity contribution < 1.29 is 0 Å². The molecular formula is C26H30. The molecule has 0 heterocycles. The van der Waals surface area contributed by atoms with Crippen LogP contribution >= 0.6 is 0 Å². The molecule has 0 aliphatic carbocycles. The van der Waals surface area contributed by atoms with Crippen LogP contribution in [0.25, 0.3) is 0 Å². The zero-order chi connectivity index (χ0) is 18.6. The van der Waals surface area contributed by atoms with Crippen LogP contribution in [0.15, 0.2) is 84.9 Å². The molecule has 0 fully saturated rings. The van der Waals surface area contributed by atoms with Crippen molar-refractivity contribution in [3.05, 3.63) is 107 Å². The first-order valence-electron chi connectivity index (χ1n) is 9.61. The second-order valence-corrected chi connectivity index (χ2v) is 8.12. The second-order valence-electron chi connectivity index (χ2n) is 8.12. The predicted molar refractivity (Wildman–Crippen MR) is 113 cm³/mol. The quantitative estimate of drug-likeness (QED) is 0.459. The SMILES string of the molecule is Cc1ccccc1CC[C@](C)(c1ccccc1)C(C)(C)c1ccccc1. The molecule has 0 amide bonds. The van der Waals surface area contributed by atoms with E-state index < -0.39 is 0 Å². The highest BCUT2D eigenvalue weighted by Crippen LogP contribution is 2.47. The summed E-state index contributed by atoms with van der Waals surface area (Å²) in [6, 6.07) is 30.8. The number of rotatable bonds is 6. The van der Waals surface area contributed by atoms with E-state index in [0.717, 1.165) is 12.8 Å². The van der Waals surface area contributed by atoms with E-state index in [1.807, 2.05) is 0 Å². The summed E-state index contributed by atoms with van der Waals surface area (Å²) in [5, 5.41) is 0. The predicted octanol–water partition coefficient (Wildman–Crippen LogP) is 6.86. The summed E-state index contributed by atoms with van der Waals surface area (Å²) in [6.07, 6.45) is 2.21. The lowest BCUT2D eigenvalue weighted by Crippen LogP contribution is -2.43. The summed E-state index contributed by atoms with van der Waals surface area (Å²) in [5.41, 5.74) is 5.73. The Bertz CT molecular complexity index is 830. The fourth-order valence-corrected chi connectivity index (χ4v) is 4.07. The number of hydrogen-bond acceptors (Lipinski definition) is 0. The van der Waals surface area contributed by atoms with Crippen LogP contribution < -0.4 is 0 Å². The van der Waals surface area contributed by atoms with Crippen molar-refractivity contribution >= 4 is 0 Å². The molecule has 3 aromatic rings. The largest absolute Gasteiger partial charge is 0.0622 e. The van der Waals surface area contributed by atoms with Gasteiger partial charge < -0.3 is 0 Å². The molecule has 0 radical (unpaired) electrons. The molecule has 134 valence electrons. The van der Waals surface area contributed by atoms with E-state index in [1.54, 1.807) is 0 Å². The average molecular weight is 343 g/mol. The minimum Gasteiger partial charge on any atom is -0.0622 e. The van der Waals surface area contributed by atoms with Crippen molar-refractivity contribution in [2.24, 2.45) is 0 Å². The van der Waals surface area contributed by atoms with Crippen LogP contribution in [-0.2, 0) is 17.3 Å². The molecule has 0 saturated heterocycles. The standard InChI is InChI=1S/C26H30/c1-21-13-11-12-14-22(21)19-20-26(4,24-17-9-6-10-18-24)25(2,3)23-15-7-5-8-16-23/h5-18H,19-20H2,1-4H3/t26-/m1/s1. The van der Waals surface area contributed by atoms with E-state index in [9.17, 15) is 0 Å². The van der Waals surface area contributed by atoms with Gasteiger partial charge in [-0.1, -0.05) is 106 Å². The average Bonchev–Trinajstić information content (AvgIpc) is 2.68. The topological polar surface area (TPSA) is 0 Å². The molecule has 0 aliphatic heterocycles. The minimum absolute atomic E-state index is 0.0261. The summed E-state index contributed by atoms with van der Waals surface area (Å²) < 4.78 is 0. The molecular weight excluding hydrogens is 312 g/mol. The smallest absolute Gasteiger partial charge is 0.00194 e. The third-order valence-corrected chi connectivity index (χ3v) is 6.44. The molecule has 0 nitrogen and oxygen atoms in total. The van der Waals surface area contributed by atoms with Gasteiger partial charge in [-0.2, -0.15) is 0 Å². The second kappa shape index (κ2) is 7.50. The first-order valence-corrected chi connectivity index (χ1v) is 9.61. The lowest BCUT2D eigenvalue weighted by atomic mass is 9.58. The third-order valence-electron chi connectivity index (χ3n) is 6.44. The van der Waals surface area contributed by atoms with E-state index in [0.29, 0.717) is 0 Å². The van der Waals surface area contributed by atoms with Crippen LogP contribution in [0.5, 0.6) is 0 Å². The number of benzene rings is 3. The maximum atomic E-state index is 2.44. The number of aryl methyl sites for hydroxylation is 2. The fourth-order valence-electron chi connectivity index (χ4n) is 4.07. The van der Waals surface area contributed by atoms with Gasteiger partial charge in [0.15, 0.2) is 0 Å². The molecule has 0 saturated carbocycles. The van der Waals surface area contributed by atoms with Gasteiger partial charge in [0.25, 0.3) is 0 Å². The molecule has 0 N–H and O–H groups in total. The van der Waals surface area contributed by atoms with Crippen molar-refractivity contribution in [1.29, 1.82) is 0 Å². The molecule has 0 spiro atoms. The third kappa shape index (κ3) is 3.46. The minimum atomic E-state index is 0.0261. The molecule has 0 unspecified atom stereocenters. The van der Waals surface area contributed by atoms with E-state index in [-0.39, 0.29) is 10.8 Å². The highest BCUT2D eigenvalue weighted by Gasteiger charge is 2.43. The summed E-state index contributed by atoms with van der Waals surface area (Å²) in [7, 11) is 0. The van der Waals surface area contributed by atoms with E-state index in [1.165, 1.54) is 22.3 Å². The van der Waals surface area contributed by atoms with Gasteiger partial charge in [-0.05, 0) is 47.4 Å².